The van der Waals surface area contributed by atoms with Crippen molar-refractivity contribution >= 4 is 37.3 Å². The molecule has 2 aromatic heterocycles. The Balaban J connectivity index is 2.16. The first-order valence-corrected chi connectivity index (χ1v) is 8.27. The highest BCUT2D eigenvalue weighted by atomic mass is 79.9. The van der Waals surface area contributed by atoms with Gasteiger partial charge in [0.1, 0.15) is 4.21 Å². The fourth-order valence-electron chi connectivity index (χ4n) is 1.53. The molecule has 0 aliphatic rings. The molecule has 0 aliphatic heterocycles. The van der Waals surface area contributed by atoms with Crippen molar-refractivity contribution in [3.05, 3.63) is 33.4 Å². The predicted molar refractivity (Wildman–Crippen MR) is 74.0 cm³/mol. The highest BCUT2D eigenvalue weighted by Gasteiger charge is 2.19. The van der Waals surface area contributed by atoms with Gasteiger partial charge < -0.3 is 0 Å². The van der Waals surface area contributed by atoms with Gasteiger partial charge in [-0.2, -0.15) is 5.10 Å². The molecular weight excluding hydrogens is 338 g/mol. The van der Waals surface area contributed by atoms with E-state index in [1.165, 1.54) is 11.3 Å². The van der Waals surface area contributed by atoms with Gasteiger partial charge in [0.2, 0.25) is 0 Å². The molecule has 2 rings (SSSR count). The third kappa shape index (κ3) is 2.82. The second kappa shape index (κ2) is 5.12. The van der Waals surface area contributed by atoms with E-state index in [0.717, 1.165) is 11.3 Å². The van der Waals surface area contributed by atoms with Gasteiger partial charge >= 0.3 is 0 Å². The monoisotopic (exact) mass is 349 g/mol. The van der Waals surface area contributed by atoms with Gasteiger partial charge in [-0.05, 0) is 34.3 Å². The minimum atomic E-state index is -3.47. The molecule has 1 N–H and O–H groups in total. The Morgan fingerprint density at radius 1 is 1.56 bits per heavy atom. The van der Waals surface area contributed by atoms with Gasteiger partial charge in [0.05, 0.1) is 5.69 Å². The Morgan fingerprint density at radius 3 is 2.78 bits per heavy atom. The lowest BCUT2D eigenvalue weighted by Crippen LogP contribution is -2.22. The summed E-state index contributed by atoms with van der Waals surface area (Å²) in [4.78, 5) is 0. The van der Waals surface area contributed by atoms with Crippen LogP contribution in [-0.2, 0) is 23.6 Å². The maximum atomic E-state index is 12.0. The summed E-state index contributed by atoms with van der Waals surface area (Å²) in [5.74, 6) is 0. The number of aryl methyl sites for hydroxylation is 2. The second-order valence-corrected chi connectivity index (χ2v) is 7.53. The number of halogens is 1. The lowest BCUT2D eigenvalue weighted by Gasteiger charge is -2.04. The van der Waals surface area contributed by atoms with Crippen molar-refractivity contribution in [1.29, 1.82) is 0 Å². The maximum Gasteiger partial charge on any atom is 0.251 e. The summed E-state index contributed by atoms with van der Waals surface area (Å²) >= 11 is 4.40. The fraction of sp³-hybridized carbons (Fsp3) is 0.300. The number of rotatable bonds is 4. The SMILES string of the molecule is Cc1nn(C)cc1CNS(=O)(=O)c1sccc1Br. The average Bonchev–Trinajstić information content (AvgIpc) is 2.82. The van der Waals surface area contributed by atoms with E-state index >= 15 is 0 Å². The van der Waals surface area contributed by atoms with Crippen molar-refractivity contribution in [2.45, 2.75) is 17.7 Å². The molecule has 0 aliphatic carbocycles. The molecule has 18 heavy (non-hydrogen) atoms. The molecule has 5 nitrogen and oxygen atoms in total. The Bertz CT molecular complexity index is 660. The third-order valence-electron chi connectivity index (χ3n) is 2.40. The molecule has 0 spiro atoms. The zero-order valence-corrected chi connectivity index (χ0v) is 13.1. The van der Waals surface area contributed by atoms with E-state index in [1.807, 2.05) is 6.92 Å². The van der Waals surface area contributed by atoms with Crippen LogP contribution in [0.25, 0.3) is 0 Å². The van der Waals surface area contributed by atoms with Crippen molar-refractivity contribution < 1.29 is 8.42 Å². The van der Waals surface area contributed by atoms with E-state index in [4.69, 9.17) is 0 Å². The van der Waals surface area contributed by atoms with Crippen LogP contribution in [0.3, 0.4) is 0 Å². The number of aromatic nitrogens is 2. The smallest absolute Gasteiger partial charge is 0.251 e. The number of hydrogen-bond acceptors (Lipinski definition) is 4. The van der Waals surface area contributed by atoms with Crippen LogP contribution in [0.4, 0.5) is 0 Å². The Hall–Kier alpha value is -0.700. The first-order valence-electron chi connectivity index (χ1n) is 5.12. The molecule has 0 fully saturated rings. The van der Waals surface area contributed by atoms with Gasteiger partial charge in [-0.15, -0.1) is 11.3 Å². The van der Waals surface area contributed by atoms with Crippen LogP contribution in [0.1, 0.15) is 11.3 Å². The minimum Gasteiger partial charge on any atom is -0.275 e. The first-order chi connectivity index (χ1) is 8.40. The lowest BCUT2D eigenvalue weighted by molar-refractivity contribution is 0.583. The molecule has 0 bridgehead atoms. The predicted octanol–water partition coefficient (Wildman–Crippen LogP) is 2.03. The summed E-state index contributed by atoms with van der Waals surface area (Å²) in [5, 5.41) is 5.90. The van der Waals surface area contributed by atoms with E-state index < -0.39 is 10.0 Å². The number of nitrogens with zero attached hydrogens (tertiary/aromatic N) is 2. The molecule has 0 atom stereocenters. The van der Waals surface area contributed by atoms with E-state index in [0.29, 0.717) is 8.68 Å². The van der Waals surface area contributed by atoms with Gasteiger partial charge in [0.15, 0.2) is 0 Å². The molecule has 2 heterocycles. The van der Waals surface area contributed by atoms with Crippen LogP contribution < -0.4 is 4.72 Å². The second-order valence-electron chi connectivity index (χ2n) is 3.79. The average molecular weight is 350 g/mol. The van der Waals surface area contributed by atoms with E-state index in [9.17, 15) is 8.42 Å². The van der Waals surface area contributed by atoms with E-state index in [1.54, 1.807) is 29.4 Å². The summed E-state index contributed by atoms with van der Waals surface area (Å²) in [7, 11) is -1.66. The van der Waals surface area contributed by atoms with Crippen molar-refractivity contribution in [2.24, 2.45) is 7.05 Å². The van der Waals surface area contributed by atoms with Crippen molar-refractivity contribution in [3.8, 4) is 0 Å². The van der Waals surface area contributed by atoms with Crippen LogP contribution in [0.2, 0.25) is 0 Å². The first kappa shape index (κ1) is 13.7. The van der Waals surface area contributed by atoms with Gasteiger partial charge in [-0.25, -0.2) is 13.1 Å². The normalized spacial score (nSPS) is 11.9. The molecule has 2 aromatic rings. The highest BCUT2D eigenvalue weighted by Crippen LogP contribution is 2.27. The van der Waals surface area contributed by atoms with Gasteiger partial charge in [0.25, 0.3) is 10.0 Å². The summed E-state index contributed by atoms with van der Waals surface area (Å²) in [6.07, 6.45) is 1.81. The van der Waals surface area contributed by atoms with Gasteiger partial charge in [-0.1, -0.05) is 0 Å². The zero-order chi connectivity index (χ0) is 13.3. The molecule has 8 heteroatoms. The largest absolute Gasteiger partial charge is 0.275 e. The van der Waals surface area contributed by atoms with Crippen molar-refractivity contribution in [3.63, 3.8) is 0 Å². The summed E-state index contributed by atoms with van der Waals surface area (Å²) < 4.78 is 29.2. The van der Waals surface area contributed by atoms with Crippen molar-refractivity contribution in [2.75, 3.05) is 0 Å². The lowest BCUT2D eigenvalue weighted by atomic mass is 10.3. The van der Waals surface area contributed by atoms with Crippen LogP contribution in [-0.4, -0.2) is 18.2 Å². The highest BCUT2D eigenvalue weighted by molar-refractivity contribution is 9.10. The summed E-state index contributed by atoms with van der Waals surface area (Å²) in [6, 6.07) is 1.72. The molecule has 0 aromatic carbocycles. The molecule has 98 valence electrons. The molecule has 0 saturated carbocycles. The van der Waals surface area contributed by atoms with Crippen LogP contribution in [0.5, 0.6) is 0 Å². The number of thiophene rings is 1. The summed E-state index contributed by atoms with van der Waals surface area (Å²) in [6.45, 7) is 2.09. The quantitative estimate of drug-likeness (QED) is 0.918. The molecular formula is C10H12BrN3O2S2. The van der Waals surface area contributed by atoms with Crippen LogP contribution >= 0.6 is 27.3 Å². The van der Waals surface area contributed by atoms with E-state index in [2.05, 4.69) is 25.8 Å². The van der Waals surface area contributed by atoms with Crippen molar-refractivity contribution in [1.82, 2.24) is 14.5 Å². The van der Waals surface area contributed by atoms with Crippen LogP contribution in [0.15, 0.2) is 26.3 Å². The molecule has 0 unspecified atom stereocenters. The number of hydrogen-bond donors (Lipinski definition) is 1. The fourth-order valence-corrected chi connectivity index (χ4v) is 4.92. The molecule has 0 amide bonds. The Labute approximate surface area is 118 Å². The summed E-state index contributed by atoms with van der Waals surface area (Å²) in [5.41, 5.74) is 1.69. The van der Waals surface area contributed by atoms with Gasteiger partial charge in [-0.3, -0.25) is 4.68 Å². The minimum absolute atomic E-state index is 0.242. The topological polar surface area (TPSA) is 64.0 Å². The van der Waals surface area contributed by atoms with Crippen LogP contribution in [0, 0.1) is 6.92 Å². The zero-order valence-electron chi connectivity index (χ0n) is 9.84. The Kier molecular flexibility index (Phi) is 3.90. The number of sulfonamides is 1. The third-order valence-corrected chi connectivity index (χ3v) is 6.47. The van der Waals surface area contributed by atoms with E-state index in [-0.39, 0.29) is 6.54 Å². The maximum absolute atomic E-state index is 12.0. The Morgan fingerprint density at radius 2 is 2.28 bits per heavy atom. The molecule has 0 saturated heterocycles. The molecule has 0 radical (unpaired) electrons. The van der Waals surface area contributed by atoms with Gasteiger partial charge in [0, 0.05) is 29.8 Å². The standard InChI is InChI=1S/C10H12BrN3O2S2/c1-7-8(6-14(2)13-7)5-12-18(15,16)10-9(11)3-4-17-10/h3-4,6,12H,5H2,1-2H3. The number of nitrogens with one attached hydrogen (secondary N) is 1.